The van der Waals surface area contributed by atoms with Crippen molar-refractivity contribution in [1.82, 2.24) is 0 Å². The first-order valence-corrected chi connectivity index (χ1v) is 7.78. The molecule has 1 rings (SSSR count). The van der Waals surface area contributed by atoms with Crippen LogP contribution >= 0.6 is 91.0 Å². The summed E-state index contributed by atoms with van der Waals surface area (Å²) in [7, 11) is 0. The molecule has 0 aliphatic rings. The summed E-state index contributed by atoms with van der Waals surface area (Å²) in [5.41, 5.74) is 7.46. The van der Waals surface area contributed by atoms with Gasteiger partial charge in [0.2, 0.25) is 0 Å². The molecular formula is C9H4Cl2I3NO. The smallest absolute Gasteiger partial charge is 0.254 e. The predicted octanol–water partition coefficient (Wildman–Crippen LogP) is 4.67. The number of nitrogens with two attached hydrogens (primary N) is 1. The lowest BCUT2D eigenvalue weighted by Crippen LogP contribution is -2.08. The zero-order valence-corrected chi connectivity index (χ0v) is 15.6. The van der Waals surface area contributed by atoms with Gasteiger partial charge in [0, 0.05) is 17.7 Å². The average molecular weight is 594 g/mol. The highest BCUT2D eigenvalue weighted by Crippen LogP contribution is 2.38. The number of anilines is 1. The van der Waals surface area contributed by atoms with Crippen LogP contribution in [0.1, 0.15) is 15.9 Å². The van der Waals surface area contributed by atoms with Crippen LogP contribution in [0.25, 0.3) is 5.03 Å². The van der Waals surface area contributed by atoms with Gasteiger partial charge in [-0.15, -0.1) is 0 Å². The molecule has 0 heterocycles. The molecule has 0 atom stereocenters. The van der Waals surface area contributed by atoms with E-state index in [-0.39, 0.29) is 0 Å². The Hall–Kier alpha value is 1.20. The van der Waals surface area contributed by atoms with Crippen molar-refractivity contribution in [3.8, 4) is 0 Å². The second-order valence-electron chi connectivity index (χ2n) is 2.78. The number of hydrogen-bond acceptors (Lipinski definition) is 2. The average Bonchev–Trinajstić information content (AvgIpc) is 2.13. The number of hydrogen-bond donors (Lipinski definition) is 1. The minimum Gasteiger partial charge on any atom is -0.397 e. The summed E-state index contributed by atoms with van der Waals surface area (Å²) >= 11 is 17.5. The third-order valence-electron chi connectivity index (χ3n) is 1.82. The van der Waals surface area contributed by atoms with E-state index in [9.17, 15) is 4.79 Å². The SMILES string of the molecule is C=C(Cl)c1c(I)c(N)c(I)c(C(=O)Cl)c1I. The molecule has 0 saturated carbocycles. The Morgan fingerprint density at radius 1 is 1.06 bits per heavy atom. The molecule has 1 aromatic rings. The molecule has 2 N–H and O–H groups in total. The number of carbonyl (C=O) groups excluding carboxylic acids is 1. The molecule has 16 heavy (non-hydrogen) atoms. The van der Waals surface area contributed by atoms with E-state index >= 15 is 0 Å². The Labute approximate surface area is 144 Å². The van der Waals surface area contributed by atoms with E-state index in [0.29, 0.717) is 29.0 Å². The Morgan fingerprint density at radius 3 is 1.88 bits per heavy atom. The highest BCUT2D eigenvalue weighted by Gasteiger charge is 2.22. The molecule has 0 unspecified atom stereocenters. The quantitative estimate of drug-likeness (QED) is 0.308. The molecule has 0 aliphatic carbocycles. The molecule has 2 nitrogen and oxygen atoms in total. The fraction of sp³-hybridized carbons (Fsp3) is 0. The van der Waals surface area contributed by atoms with Crippen LogP contribution in [0.4, 0.5) is 5.69 Å². The number of halogens is 5. The van der Waals surface area contributed by atoms with Gasteiger partial charge < -0.3 is 5.73 Å². The van der Waals surface area contributed by atoms with E-state index < -0.39 is 5.24 Å². The van der Waals surface area contributed by atoms with Crippen molar-refractivity contribution in [3.63, 3.8) is 0 Å². The van der Waals surface area contributed by atoms with Crippen LogP contribution in [-0.2, 0) is 0 Å². The van der Waals surface area contributed by atoms with Crippen LogP contribution in [0.15, 0.2) is 6.58 Å². The lowest BCUT2D eigenvalue weighted by atomic mass is 10.1. The Balaban J connectivity index is 3.80. The van der Waals surface area contributed by atoms with Crippen molar-refractivity contribution in [2.24, 2.45) is 0 Å². The second kappa shape index (κ2) is 5.89. The van der Waals surface area contributed by atoms with Crippen molar-refractivity contribution < 1.29 is 4.79 Å². The predicted molar refractivity (Wildman–Crippen MR) is 94.1 cm³/mol. The van der Waals surface area contributed by atoms with Crippen molar-refractivity contribution in [2.75, 3.05) is 5.73 Å². The number of nitrogen functional groups attached to an aromatic ring is 1. The van der Waals surface area contributed by atoms with Gasteiger partial charge in [0.1, 0.15) is 0 Å². The van der Waals surface area contributed by atoms with Crippen LogP contribution in [0.2, 0.25) is 0 Å². The molecule has 86 valence electrons. The third kappa shape index (κ3) is 2.78. The van der Waals surface area contributed by atoms with Crippen molar-refractivity contribution in [3.05, 3.63) is 28.4 Å². The molecule has 0 bridgehead atoms. The van der Waals surface area contributed by atoms with Gasteiger partial charge in [-0.25, -0.2) is 0 Å². The molecule has 0 radical (unpaired) electrons. The largest absolute Gasteiger partial charge is 0.397 e. The Morgan fingerprint density at radius 2 is 1.50 bits per heavy atom. The highest BCUT2D eigenvalue weighted by molar-refractivity contribution is 14.1. The summed E-state index contributed by atoms with van der Waals surface area (Å²) < 4.78 is 2.11. The van der Waals surface area contributed by atoms with Crippen LogP contribution in [0, 0.1) is 10.7 Å². The molecule has 0 aliphatic heterocycles. The minimum absolute atomic E-state index is 0.344. The first-order valence-electron chi connectivity index (χ1n) is 3.79. The number of carbonyl (C=O) groups is 1. The highest BCUT2D eigenvalue weighted by atomic mass is 127. The van der Waals surface area contributed by atoms with E-state index in [1.165, 1.54) is 0 Å². The van der Waals surface area contributed by atoms with E-state index in [0.717, 1.165) is 3.57 Å². The molecule has 0 aromatic heterocycles. The van der Waals surface area contributed by atoms with Crippen LogP contribution in [-0.4, -0.2) is 5.24 Å². The normalized spacial score (nSPS) is 10.3. The standard InChI is InChI=1S/C9H4Cl2I3NO/c1-2(10)3-5(12)4(9(11)16)7(14)8(15)6(3)13/h1,15H2. The summed E-state index contributed by atoms with van der Waals surface area (Å²) in [5, 5.41) is -0.202. The van der Waals surface area contributed by atoms with Gasteiger partial charge >= 0.3 is 0 Å². The lowest BCUT2D eigenvalue weighted by Gasteiger charge is -2.14. The minimum atomic E-state index is -0.545. The zero-order valence-electron chi connectivity index (χ0n) is 7.58. The fourth-order valence-corrected chi connectivity index (χ4v) is 6.42. The summed E-state index contributed by atoms with van der Waals surface area (Å²) in [6.45, 7) is 3.66. The van der Waals surface area contributed by atoms with Gasteiger partial charge in [-0.1, -0.05) is 18.2 Å². The molecule has 7 heteroatoms. The Bertz CT molecular complexity index is 461. The third-order valence-corrected chi connectivity index (χ3v) is 5.52. The Kier molecular flexibility index (Phi) is 5.62. The van der Waals surface area contributed by atoms with E-state index in [1.807, 2.05) is 45.2 Å². The van der Waals surface area contributed by atoms with Gasteiger partial charge in [-0.2, -0.15) is 0 Å². The van der Waals surface area contributed by atoms with Crippen molar-refractivity contribution in [1.29, 1.82) is 0 Å². The van der Waals surface area contributed by atoms with E-state index in [2.05, 4.69) is 29.2 Å². The monoisotopic (exact) mass is 593 g/mol. The molecular weight excluding hydrogens is 590 g/mol. The number of rotatable bonds is 2. The van der Waals surface area contributed by atoms with Crippen LogP contribution in [0.5, 0.6) is 0 Å². The first-order chi connectivity index (χ1) is 7.29. The lowest BCUT2D eigenvalue weighted by molar-refractivity contribution is 0.108. The summed E-state index contributed by atoms with van der Waals surface area (Å²) in [5.74, 6) is 0. The summed E-state index contributed by atoms with van der Waals surface area (Å²) in [4.78, 5) is 11.4. The van der Waals surface area contributed by atoms with Gasteiger partial charge in [0.15, 0.2) is 0 Å². The molecule has 0 saturated heterocycles. The topological polar surface area (TPSA) is 43.1 Å². The maximum Gasteiger partial charge on any atom is 0.254 e. The van der Waals surface area contributed by atoms with Gasteiger partial charge in [0.25, 0.3) is 5.24 Å². The van der Waals surface area contributed by atoms with Gasteiger partial charge in [-0.3, -0.25) is 4.79 Å². The van der Waals surface area contributed by atoms with Gasteiger partial charge in [0.05, 0.1) is 14.8 Å². The van der Waals surface area contributed by atoms with Crippen molar-refractivity contribution in [2.45, 2.75) is 0 Å². The van der Waals surface area contributed by atoms with Crippen molar-refractivity contribution >= 4 is 107 Å². The zero-order chi connectivity index (χ0) is 12.6. The summed E-state index contributed by atoms with van der Waals surface area (Å²) in [6.07, 6.45) is 0. The number of benzene rings is 1. The fourth-order valence-electron chi connectivity index (χ4n) is 1.09. The van der Waals surface area contributed by atoms with Gasteiger partial charge in [-0.05, 0) is 79.4 Å². The second-order valence-corrected chi connectivity index (χ2v) is 6.82. The van der Waals surface area contributed by atoms with Crippen LogP contribution < -0.4 is 5.73 Å². The summed E-state index contributed by atoms with van der Waals surface area (Å²) in [6, 6.07) is 0. The first kappa shape index (κ1) is 15.3. The molecule has 0 spiro atoms. The maximum atomic E-state index is 11.4. The molecule has 1 aromatic carbocycles. The van der Waals surface area contributed by atoms with E-state index in [1.54, 1.807) is 0 Å². The molecule has 0 amide bonds. The van der Waals surface area contributed by atoms with E-state index in [4.69, 9.17) is 28.9 Å². The molecule has 0 fully saturated rings. The maximum absolute atomic E-state index is 11.4. The van der Waals surface area contributed by atoms with Crippen LogP contribution in [0.3, 0.4) is 0 Å².